The molecule has 92 valence electrons. The maximum Gasteiger partial charge on any atom is 0.142 e. The zero-order valence-electron chi connectivity index (χ0n) is 10.4. The number of para-hydroxylation sites is 1. The minimum atomic E-state index is 0.0116. The van der Waals surface area contributed by atoms with Crippen LogP contribution < -0.4 is 0 Å². The van der Waals surface area contributed by atoms with Crippen LogP contribution in [0.25, 0.3) is 22.3 Å². The molecule has 0 aliphatic carbocycles. The summed E-state index contributed by atoms with van der Waals surface area (Å²) in [6.45, 7) is 1.93. The minimum absolute atomic E-state index is 0.0116. The Balaban J connectivity index is 2.27. The zero-order valence-corrected chi connectivity index (χ0v) is 10.4. The van der Waals surface area contributed by atoms with E-state index in [2.05, 4.69) is 16.0 Å². The topological polar surface area (TPSA) is 53.8 Å². The highest BCUT2D eigenvalue weighted by Gasteiger charge is 2.15. The van der Waals surface area contributed by atoms with Gasteiger partial charge in [0.15, 0.2) is 0 Å². The molecule has 2 N–H and O–H groups in total. The molecule has 0 spiro atoms. The fraction of sp³-hybridized carbons (Fsp3) is 0.214. The van der Waals surface area contributed by atoms with Crippen molar-refractivity contribution in [3.05, 3.63) is 41.9 Å². The van der Waals surface area contributed by atoms with Crippen molar-refractivity contribution in [3.8, 4) is 11.4 Å². The number of aromatic nitrogens is 3. The third-order valence-corrected chi connectivity index (χ3v) is 3.39. The molecule has 2 aromatic heterocycles. The molecular weight excluding hydrogens is 226 g/mol. The van der Waals surface area contributed by atoms with Gasteiger partial charge in [-0.1, -0.05) is 18.2 Å². The molecule has 0 radical (unpaired) electrons. The molecule has 3 rings (SSSR count). The molecule has 0 fully saturated rings. The normalized spacial score (nSPS) is 11.3. The number of nitrogens with one attached hydrogen (secondary N) is 1. The lowest BCUT2D eigenvalue weighted by Gasteiger charge is -2.03. The molecule has 0 aliphatic rings. The maximum atomic E-state index is 9.35. The van der Waals surface area contributed by atoms with Crippen molar-refractivity contribution >= 4 is 10.9 Å². The van der Waals surface area contributed by atoms with Crippen molar-refractivity contribution in [1.29, 1.82) is 0 Å². The van der Waals surface area contributed by atoms with Crippen molar-refractivity contribution in [2.24, 2.45) is 7.05 Å². The number of aliphatic hydroxyl groups excluding tert-OH is 1. The Morgan fingerprint density at radius 1 is 1.33 bits per heavy atom. The Bertz CT molecular complexity index is 709. The van der Waals surface area contributed by atoms with Gasteiger partial charge >= 0.3 is 0 Å². The quantitative estimate of drug-likeness (QED) is 0.723. The van der Waals surface area contributed by atoms with E-state index in [9.17, 15) is 5.11 Å². The summed E-state index contributed by atoms with van der Waals surface area (Å²) in [5.74, 6) is 0.883. The number of nitrogens with zero attached hydrogens (tertiary/aromatic N) is 2. The second-order valence-electron chi connectivity index (χ2n) is 4.43. The van der Waals surface area contributed by atoms with Gasteiger partial charge < -0.3 is 14.7 Å². The smallest absolute Gasteiger partial charge is 0.142 e. The highest BCUT2D eigenvalue weighted by atomic mass is 16.3. The summed E-state index contributed by atoms with van der Waals surface area (Å²) < 4.78 is 1.95. The Kier molecular flexibility index (Phi) is 2.45. The van der Waals surface area contributed by atoms with Crippen molar-refractivity contribution in [1.82, 2.24) is 14.5 Å². The minimum Gasteiger partial charge on any atom is -0.390 e. The molecule has 18 heavy (non-hydrogen) atoms. The van der Waals surface area contributed by atoms with Gasteiger partial charge in [0.1, 0.15) is 5.82 Å². The van der Waals surface area contributed by atoms with Crippen LogP contribution in [0.2, 0.25) is 0 Å². The Morgan fingerprint density at radius 3 is 2.83 bits per heavy atom. The van der Waals surface area contributed by atoms with E-state index in [1.165, 1.54) is 0 Å². The molecule has 0 amide bonds. The first-order valence-electron chi connectivity index (χ1n) is 5.92. The molecule has 0 aliphatic heterocycles. The van der Waals surface area contributed by atoms with Crippen LogP contribution in [0.1, 0.15) is 11.4 Å². The molecule has 4 heteroatoms. The second-order valence-corrected chi connectivity index (χ2v) is 4.43. The van der Waals surface area contributed by atoms with E-state index in [-0.39, 0.29) is 6.61 Å². The maximum absolute atomic E-state index is 9.35. The number of hydrogen-bond acceptors (Lipinski definition) is 2. The van der Waals surface area contributed by atoms with Gasteiger partial charge in [0.25, 0.3) is 0 Å². The van der Waals surface area contributed by atoms with E-state index in [0.717, 1.165) is 33.7 Å². The summed E-state index contributed by atoms with van der Waals surface area (Å²) in [6.07, 6.45) is 1.97. The van der Waals surface area contributed by atoms with Crippen LogP contribution in [0.4, 0.5) is 0 Å². The fourth-order valence-electron chi connectivity index (χ4n) is 2.39. The first kappa shape index (κ1) is 11.0. The van der Waals surface area contributed by atoms with E-state index in [0.29, 0.717) is 0 Å². The molecule has 3 aromatic rings. The van der Waals surface area contributed by atoms with Gasteiger partial charge in [0, 0.05) is 29.7 Å². The lowest BCUT2D eigenvalue weighted by atomic mass is 10.1. The fourth-order valence-corrected chi connectivity index (χ4v) is 2.39. The first-order valence-corrected chi connectivity index (χ1v) is 5.92. The predicted molar refractivity (Wildman–Crippen MR) is 71.2 cm³/mol. The van der Waals surface area contributed by atoms with E-state index in [1.54, 1.807) is 0 Å². The summed E-state index contributed by atoms with van der Waals surface area (Å²) in [7, 11) is 1.93. The third-order valence-electron chi connectivity index (χ3n) is 3.39. The van der Waals surface area contributed by atoms with Crippen LogP contribution in [-0.4, -0.2) is 19.6 Å². The van der Waals surface area contributed by atoms with Crippen LogP contribution in [-0.2, 0) is 13.7 Å². The van der Waals surface area contributed by atoms with E-state index in [4.69, 9.17) is 0 Å². The molecule has 0 atom stereocenters. The van der Waals surface area contributed by atoms with Crippen molar-refractivity contribution in [3.63, 3.8) is 0 Å². The number of hydrogen-bond donors (Lipinski definition) is 2. The van der Waals surface area contributed by atoms with Gasteiger partial charge in [-0.15, -0.1) is 0 Å². The van der Waals surface area contributed by atoms with Crippen LogP contribution in [0.15, 0.2) is 30.5 Å². The monoisotopic (exact) mass is 241 g/mol. The number of benzene rings is 1. The van der Waals surface area contributed by atoms with Crippen LogP contribution in [0.5, 0.6) is 0 Å². The van der Waals surface area contributed by atoms with E-state index >= 15 is 0 Å². The van der Waals surface area contributed by atoms with Crippen LogP contribution >= 0.6 is 0 Å². The average Bonchev–Trinajstić information content (AvgIpc) is 2.91. The summed E-state index contributed by atoms with van der Waals surface area (Å²) in [5, 5.41) is 10.5. The van der Waals surface area contributed by atoms with Gasteiger partial charge in [0.2, 0.25) is 0 Å². The van der Waals surface area contributed by atoms with Crippen LogP contribution in [0, 0.1) is 6.92 Å². The predicted octanol–water partition coefficient (Wildman–Crippen LogP) is 2.37. The van der Waals surface area contributed by atoms with Gasteiger partial charge in [0.05, 0.1) is 18.0 Å². The SMILES string of the molecule is Cc1nc(-c2c[nH]c3ccccc23)n(C)c1CO. The highest BCUT2D eigenvalue weighted by Crippen LogP contribution is 2.28. The number of fused-ring (bicyclic) bond motifs is 1. The number of aromatic amines is 1. The zero-order chi connectivity index (χ0) is 12.7. The molecular formula is C14H15N3O. The second kappa shape index (κ2) is 3.99. The van der Waals surface area contributed by atoms with Gasteiger partial charge in [-0.3, -0.25) is 0 Å². The lowest BCUT2D eigenvalue weighted by Crippen LogP contribution is -1.98. The average molecular weight is 241 g/mol. The van der Waals surface area contributed by atoms with E-state index in [1.807, 2.05) is 42.9 Å². The Labute approximate surface area is 105 Å². The molecule has 0 unspecified atom stereocenters. The van der Waals surface area contributed by atoms with Crippen LogP contribution in [0.3, 0.4) is 0 Å². The summed E-state index contributed by atoms with van der Waals surface area (Å²) in [5.41, 5.74) is 3.89. The van der Waals surface area contributed by atoms with Gasteiger partial charge in [-0.2, -0.15) is 0 Å². The largest absolute Gasteiger partial charge is 0.390 e. The van der Waals surface area contributed by atoms with E-state index < -0.39 is 0 Å². The van der Waals surface area contributed by atoms with Crippen molar-refractivity contribution in [2.75, 3.05) is 0 Å². The van der Waals surface area contributed by atoms with Crippen molar-refractivity contribution < 1.29 is 5.11 Å². The van der Waals surface area contributed by atoms with Gasteiger partial charge in [-0.05, 0) is 13.0 Å². The third kappa shape index (κ3) is 1.46. The molecule has 1 aromatic carbocycles. The summed E-state index contributed by atoms with van der Waals surface area (Å²) in [6, 6.07) is 8.14. The first-order chi connectivity index (χ1) is 8.72. The number of aliphatic hydroxyl groups is 1. The molecule has 0 saturated carbocycles. The standard InChI is InChI=1S/C14H15N3O/c1-9-13(8-18)17(2)14(16-9)11-7-15-12-6-4-3-5-10(11)12/h3-7,15,18H,8H2,1-2H3. The lowest BCUT2D eigenvalue weighted by molar-refractivity contribution is 0.272. The molecule has 0 saturated heterocycles. The highest BCUT2D eigenvalue weighted by molar-refractivity contribution is 5.93. The number of rotatable bonds is 2. The Morgan fingerprint density at radius 2 is 2.11 bits per heavy atom. The number of imidazole rings is 1. The molecule has 4 nitrogen and oxygen atoms in total. The summed E-state index contributed by atoms with van der Waals surface area (Å²) >= 11 is 0. The number of aryl methyl sites for hydroxylation is 1. The summed E-state index contributed by atoms with van der Waals surface area (Å²) in [4.78, 5) is 7.80. The Hall–Kier alpha value is -2.07. The number of H-pyrrole nitrogens is 1. The van der Waals surface area contributed by atoms with Crippen molar-refractivity contribution in [2.45, 2.75) is 13.5 Å². The molecule has 0 bridgehead atoms. The molecule has 2 heterocycles. The van der Waals surface area contributed by atoms with Gasteiger partial charge in [-0.25, -0.2) is 4.98 Å².